The van der Waals surface area contributed by atoms with E-state index < -0.39 is 0 Å². The molecule has 106 valence electrons. The van der Waals surface area contributed by atoms with Crippen LogP contribution in [0.2, 0.25) is 0 Å². The average molecular weight is 270 g/mol. The Morgan fingerprint density at radius 3 is 2.40 bits per heavy atom. The van der Waals surface area contributed by atoms with E-state index in [1.54, 1.807) is 4.90 Å². The molecule has 1 saturated carbocycles. The zero-order chi connectivity index (χ0) is 14.5. The zero-order valence-corrected chi connectivity index (χ0v) is 12.3. The number of nitrogens with zero attached hydrogens (tertiary/aromatic N) is 2. The van der Waals surface area contributed by atoms with Gasteiger partial charge < -0.3 is 4.90 Å². The topological polar surface area (TPSA) is 44.1 Å². The third-order valence-corrected chi connectivity index (χ3v) is 4.09. The first-order valence-corrected chi connectivity index (χ1v) is 7.41. The highest BCUT2D eigenvalue weighted by molar-refractivity contribution is 5.94. The fourth-order valence-corrected chi connectivity index (χ4v) is 2.84. The summed E-state index contributed by atoms with van der Waals surface area (Å²) in [7, 11) is 0. The van der Waals surface area contributed by atoms with E-state index in [-0.39, 0.29) is 18.5 Å². The minimum atomic E-state index is -0.00578. The number of hydrogen-bond donors (Lipinski definition) is 0. The lowest BCUT2D eigenvalue weighted by molar-refractivity contribution is 0.0709. The Morgan fingerprint density at radius 1 is 1.30 bits per heavy atom. The Morgan fingerprint density at radius 2 is 1.90 bits per heavy atom. The molecule has 0 aromatic heterocycles. The first-order valence-electron chi connectivity index (χ1n) is 7.41. The molecular weight excluding hydrogens is 248 g/mol. The predicted molar refractivity (Wildman–Crippen MR) is 79.4 cm³/mol. The van der Waals surface area contributed by atoms with Crippen LogP contribution in [-0.2, 0) is 0 Å². The molecule has 3 heteroatoms. The average Bonchev–Trinajstić information content (AvgIpc) is 2.98. The van der Waals surface area contributed by atoms with Crippen LogP contribution in [0.25, 0.3) is 0 Å². The zero-order valence-electron chi connectivity index (χ0n) is 12.3. The molecule has 0 saturated heterocycles. The van der Waals surface area contributed by atoms with Crippen LogP contribution < -0.4 is 0 Å². The van der Waals surface area contributed by atoms with Crippen molar-refractivity contribution in [1.82, 2.24) is 4.90 Å². The van der Waals surface area contributed by atoms with Crippen LogP contribution >= 0.6 is 0 Å². The van der Waals surface area contributed by atoms with E-state index in [1.807, 2.05) is 24.3 Å². The molecule has 1 aliphatic carbocycles. The van der Waals surface area contributed by atoms with Gasteiger partial charge in [0.2, 0.25) is 0 Å². The van der Waals surface area contributed by atoms with Gasteiger partial charge in [-0.15, -0.1) is 0 Å². The summed E-state index contributed by atoms with van der Waals surface area (Å²) in [5.41, 5.74) is 1.92. The minimum absolute atomic E-state index is 0.00578. The van der Waals surface area contributed by atoms with Gasteiger partial charge in [-0.3, -0.25) is 4.79 Å². The molecule has 1 fully saturated rings. The SMILES string of the molecule is CC(C)c1ccc(C(=O)N(CC#N)C2CCCC2)cc1. The number of rotatable bonds is 4. The van der Waals surface area contributed by atoms with Crippen LogP contribution in [0.4, 0.5) is 0 Å². The normalized spacial score (nSPS) is 15.3. The second-order valence-corrected chi connectivity index (χ2v) is 5.81. The van der Waals surface area contributed by atoms with Gasteiger partial charge in [-0.25, -0.2) is 0 Å². The standard InChI is InChI=1S/C17H22N2O/c1-13(2)14-7-9-15(10-8-14)17(20)19(12-11-18)16-5-3-4-6-16/h7-10,13,16H,3-6,12H2,1-2H3. The van der Waals surface area contributed by atoms with Crippen LogP contribution in [-0.4, -0.2) is 23.4 Å². The number of carbonyl (C=O) groups is 1. The van der Waals surface area contributed by atoms with E-state index in [0.717, 1.165) is 25.7 Å². The van der Waals surface area contributed by atoms with Gasteiger partial charge in [-0.2, -0.15) is 5.26 Å². The van der Waals surface area contributed by atoms with Crippen molar-refractivity contribution in [3.05, 3.63) is 35.4 Å². The Labute approximate surface area is 121 Å². The van der Waals surface area contributed by atoms with Crippen molar-refractivity contribution in [3.63, 3.8) is 0 Å². The molecular formula is C17H22N2O. The van der Waals surface area contributed by atoms with Crippen molar-refractivity contribution >= 4 is 5.91 Å². The summed E-state index contributed by atoms with van der Waals surface area (Å²) in [4.78, 5) is 14.3. The first-order chi connectivity index (χ1) is 9.63. The molecule has 1 aromatic rings. The van der Waals surface area contributed by atoms with Crippen LogP contribution in [0.1, 0.15) is 61.4 Å². The fraction of sp³-hybridized carbons (Fsp3) is 0.529. The van der Waals surface area contributed by atoms with E-state index in [9.17, 15) is 4.79 Å². The highest BCUT2D eigenvalue weighted by Crippen LogP contribution is 2.25. The molecule has 0 heterocycles. The van der Waals surface area contributed by atoms with Crippen molar-refractivity contribution in [3.8, 4) is 6.07 Å². The second kappa shape index (κ2) is 6.56. The van der Waals surface area contributed by atoms with Gasteiger partial charge in [0.1, 0.15) is 6.54 Å². The van der Waals surface area contributed by atoms with Gasteiger partial charge >= 0.3 is 0 Å². The molecule has 0 radical (unpaired) electrons. The number of nitriles is 1. The third kappa shape index (κ3) is 3.19. The summed E-state index contributed by atoms with van der Waals surface area (Å²) in [5, 5.41) is 8.97. The summed E-state index contributed by atoms with van der Waals surface area (Å²) in [6, 6.07) is 10.2. The maximum absolute atomic E-state index is 12.6. The minimum Gasteiger partial charge on any atom is -0.322 e. The van der Waals surface area contributed by atoms with Gasteiger partial charge in [0.15, 0.2) is 0 Å². The highest BCUT2D eigenvalue weighted by atomic mass is 16.2. The Balaban J connectivity index is 2.16. The largest absolute Gasteiger partial charge is 0.322 e. The van der Waals surface area contributed by atoms with Crippen LogP contribution in [0, 0.1) is 11.3 Å². The number of amides is 1. The van der Waals surface area contributed by atoms with E-state index in [1.165, 1.54) is 5.56 Å². The molecule has 0 bridgehead atoms. The molecule has 1 aromatic carbocycles. The maximum Gasteiger partial charge on any atom is 0.254 e. The summed E-state index contributed by atoms with van der Waals surface area (Å²) in [5.74, 6) is 0.456. The Hall–Kier alpha value is -1.82. The summed E-state index contributed by atoms with van der Waals surface area (Å²) < 4.78 is 0. The molecule has 1 amide bonds. The molecule has 20 heavy (non-hydrogen) atoms. The second-order valence-electron chi connectivity index (χ2n) is 5.81. The molecule has 0 aliphatic heterocycles. The number of hydrogen-bond acceptors (Lipinski definition) is 2. The van der Waals surface area contributed by atoms with Gasteiger partial charge in [0, 0.05) is 11.6 Å². The predicted octanol–water partition coefficient (Wildman–Crippen LogP) is 3.72. The van der Waals surface area contributed by atoms with E-state index in [4.69, 9.17) is 5.26 Å². The number of carbonyl (C=O) groups excluding carboxylic acids is 1. The monoisotopic (exact) mass is 270 g/mol. The van der Waals surface area contributed by atoms with Crippen molar-refractivity contribution in [2.45, 2.75) is 51.5 Å². The Kier molecular flexibility index (Phi) is 4.79. The summed E-state index contributed by atoms with van der Waals surface area (Å²) in [6.45, 7) is 4.46. The van der Waals surface area contributed by atoms with Crippen LogP contribution in [0.15, 0.2) is 24.3 Å². The molecule has 0 atom stereocenters. The molecule has 0 N–H and O–H groups in total. The van der Waals surface area contributed by atoms with Gasteiger partial charge in [-0.1, -0.05) is 38.8 Å². The van der Waals surface area contributed by atoms with Crippen LogP contribution in [0.3, 0.4) is 0 Å². The third-order valence-electron chi connectivity index (χ3n) is 4.09. The van der Waals surface area contributed by atoms with E-state index in [2.05, 4.69) is 19.9 Å². The highest BCUT2D eigenvalue weighted by Gasteiger charge is 2.27. The van der Waals surface area contributed by atoms with E-state index in [0.29, 0.717) is 11.5 Å². The smallest absolute Gasteiger partial charge is 0.254 e. The fourth-order valence-electron chi connectivity index (χ4n) is 2.84. The van der Waals surface area contributed by atoms with Crippen molar-refractivity contribution in [1.29, 1.82) is 5.26 Å². The maximum atomic E-state index is 12.6. The molecule has 3 nitrogen and oxygen atoms in total. The number of benzene rings is 1. The Bertz CT molecular complexity index is 493. The quantitative estimate of drug-likeness (QED) is 0.783. The lowest BCUT2D eigenvalue weighted by Gasteiger charge is -2.26. The molecule has 0 spiro atoms. The van der Waals surface area contributed by atoms with Gasteiger partial charge in [0.25, 0.3) is 5.91 Å². The first kappa shape index (κ1) is 14.6. The van der Waals surface area contributed by atoms with Gasteiger partial charge in [0.05, 0.1) is 6.07 Å². The molecule has 1 aliphatic rings. The molecule has 0 unspecified atom stereocenters. The van der Waals surface area contributed by atoms with Crippen molar-refractivity contribution < 1.29 is 4.79 Å². The van der Waals surface area contributed by atoms with E-state index >= 15 is 0 Å². The lowest BCUT2D eigenvalue weighted by atomic mass is 10.0. The van der Waals surface area contributed by atoms with Gasteiger partial charge in [-0.05, 0) is 36.5 Å². The molecule has 2 rings (SSSR count). The summed E-state index contributed by atoms with van der Waals surface area (Å²) >= 11 is 0. The van der Waals surface area contributed by atoms with Crippen molar-refractivity contribution in [2.75, 3.05) is 6.54 Å². The van der Waals surface area contributed by atoms with Crippen LogP contribution in [0.5, 0.6) is 0 Å². The van der Waals surface area contributed by atoms with Crippen molar-refractivity contribution in [2.24, 2.45) is 0 Å². The lowest BCUT2D eigenvalue weighted by Crippen LogP contribution is -2.39. The summed E-state index contributed by atoms with van der Waals surface area (Å²) in [6.07, 6.45) is 4.37.